The molecular weight excluding hydrogens is 505 g/mol. The number of benzene rings is 2. The zero-order valence-electron chi connectivity index (χ0n) is 18.4. The van der Waals surface area contributed by atoms with Gasteiger partial charge in [0.05, 0.1) is 20.2 Å². The predicted octanol–water partition coefficient (Wildman–Crippen LogP) is 4.00. The van der Waals surface area contributed by atoms with Crippen LogP contribution in [-0.2, 0) is 10.2 Å². The molecule has 0 aliphatic carbocycles. The number of rotatable bonds is 9. The van der Waals surface area contributed by atoms with E-state index in [0.717, 1.165) is 56.6 Å². The summed E-state index contributed by atoms with van der Waals surface area (Å²) in [6.07, 6.45) is 1.97. The Morgan fingerprint density at radius 3 is 2.32 bits per heavy atom. The van der Waals surface area contributed by atoms with Crippen molar-refractivity contribution in [2.45, 2.75) is 25.2 Å². The Balaban J connectivity index is 0.00000341. The molecule has 1 aliphatic rings. The lowest BCUT2D eigenvalue weighted by atomic mass is 9.74. The smallest absolute Gasteiger partial charge is 0.191 e. The summed E-state index contributed by atoms with van der Waals surface area (Å²) in [5, 5.41) is 6.72. The molecule has 0 saturated carbocycles. The van der Waals surface area contributed by atoms with E-state index in [1.807, 2.05) is 24.3 Å². The van der Waals surface area contributed by atoms with Crippen LogP contribution >= 0.6 is 24.0 Å². The van der Waals surface area contributed by atoms with Gasteiger partial charge in [-0.1, -0.05) is 30.3 Å². The van der Waals surface area contributed by atoms with Gasteiger partial charge < -0.3 is 24.8 Å². The Kier molecular flexibility index (Phi) is 10.9. The Bertz CT molecular complexity index is 778. The average molecular weight is 539 g/mol. The van der Waals surface area contributed by atoms with Crippen LogP contribution in [0, 0.1) is 0 Å². The summed E-state index contributed by atoms with van der Waals surface area (Å²) in [6, 6.07) is 18.3. The predicted molar refractivity (Wildman–Crippen MR) is 136 cm³/mol. The van der Waals surface area contributed by atoms with E-state index in [4.69, 9.17) is 19.2 Å². The number of guanidine groups is 1. The van der Waals surface area contributed by atoms with E-state index in [2.05, 4.69) is 47.9 Å². The van der Waals surface area contributed by atoms with Gasteiger partial charge >= 0.3 is 0 Å². The highest BCUT2D eigenvalue weighted by molar-refractivity contribution is 14.0. The van der Waals surface area contributed by atoms with Gasteiger partial charge in [0.25, 0.3) is 0 Å². The van der Waals surface area contributed by atoms with Crippen LogP contribution in [0.3, 0.4) is 0 Å². The summed E-state index contributed by atoms with van der Waals surface area (Å²) < 4.78 is 16.6. The van der Waals surface area contributed by atoms with Crippen molar-refractivity contribution in [2.75, 3.05) is 46.6 Å². The number of halogens is 1. The Labute approximate surface area is 202 Å². The first-order chi connectivity index (χ1) is 14.8. The molecule has 1 saturated heterocycles. The molecule has 170 valence electrons. The lowest BCUT2D eigenvalue weighted by molar-refractivity contribution is 0.0531. The third-order valence-electron chi connectivity index (χ3n) is 5.44. The fourth-order valence-corrected chi connectivity index (χ4v) is 3.67. The molecule has 0 amide bonds. The standard InChI is InChI=1S/C24H33N3O3.HI/c1-3-25-23(26-15-18-30-22-11-9-21(28-2)10-12-22)27-19-24(13-16-29-17-14-24)20-7-5-4-6-8-20;/h4-12H,3,13-19H2,1-2H3,(H2,25,26,27);1H. The highest BCUT2D eigenvalue weighted by Gasteiger charge is 2.34. The van der Waals surface area contributed by atoms with Gasteiger partial charge in [0.15, 0.2) is 5.96 Å². The van der Waals surface area contributed by atoms with Crippen LogP contribution < -0.4 is 20.1 Å². The van der Waals surface area contributed by atoms with Crippen molar-refractivity contribution in [1.29, 1.82) is 0 Å². The van der Waals surface area contributed by atoms with Crippen LogP contribution in [0.1, 0.15) is 25.3 Å². The van der Waals surface area contributed by atoms with Crippen LogP contribution in [0.15, 0.2) is 59.6 Å². The topological polar surface area (TPSA) is 64.1 Å². The second-order valence-corrected chi connectivity index (χ2v) is 7.40. The molecular formula is C24H34IN3O3. The molecule has 0 aromatic heterocycles. The molecule has 3 rings (SSSR count). The van der Waals surface area contributed by atoms with Crippen molar-refractivity contribution >= 4 is 29.9 Å². The van der Waals surface area contributed by atoms with Crippen molar-refractivity contribution in [3.05, 3.63) is 60.2 Å². The molecule has 2 aromatic rings. The van der Waals surface area contributed by atoms with Gasteiger partial charge in [0.1, 0.15) is 18.1 Å². The van der Waals surface area contributed by atoms with Gasteiger partial charge in [-0.15, -0.1) is 24.0 Å². The normalized spacial score (nSPS) is 15.5. The van der Waals surface area contributed by atoms with Gasteiger partial charge in [0.2, 0.25) is 0 Å². The molecule has 0 atom stereocenters. The number of nitrogens with one attached hydrogen (secondary N) is 2. The Hall–Kier alpha value is -2.00. The summed E-state index contributed by atoms with van der Waals surface area (Å²) >= 11 is 0. The highest BCUT2D eigenvalue weighted by atomic mass is 127. The zero-order chi connectivity index (χ0) is 21.1. The van der Waals surface area contributed by atoms with E-state index < -0.39 is 0 Å². The first-order valence-electron chi connectivity index (χ1n) is 10.7. The average Bonchev–Trinajstić information content (AvgIpc) is 2.81. The molecule has 1 aliphatic heterocycles. The van der Waals surface area contributed by atoms with E-state index in [1.54, 1.807) is 7.11 Å². The van der Waals surface area contributed by atoms with Crippen molar-refractivity contribution in [2.24, 2.45) is 4.99 Å². The van der Waals surface area contributed by atoms with Crippen molar-refractivity contribution in [1.82, 2.24) is 10.6 Å². The van der Waals surface area contributed by atoms with Crippen LogP contribution in [0.25, 0.3) is 0 Å². The van der Waals surface area contributed by atoms with Crippen molar-refractivity contribution in [3.63, 3.8) is 0 Å². The fourth-order valence-electron chi connectivity index (χ4n) is 3.67. The molecule has 0 unspecified atom stereocenters. The fraction of sp³-hybridized carbons (Fsp3) is 0.458. The number of hydrogen-bond donors (Lipinski definition) is 2. The van der Waals surface area contributed by atoms with Gasteiger partial charge in [-0.05, 0) is 49.6 Å². The molecule has 0 spiro atoms. The van der Waals surface area contributed by atoms with Crippen LogP contribution in [-0.4, -0.2) is 52.5 Å². The molecule has 31 heavy (non-hydrogen) atoms. The minimum atomic E-state index is 0. The van der Waals surface area contributed by atoms with E-state index in [9.17, 15) is 0 Å². The van der Waals surface area contributed by atoms with Crippen molar-refractivity contribution < 1.29 is 14.2 Å². The number of hydrogen-bond acceptors (Lipinski definition) is 4. The largest absolute Gasteiger partial charge is 0.497 e. The lowest BCUT2D eigenvalue weighted by Gasteiger charge is -2.36. The van der Waals surface area contributed by atoms with E-state index in [0.29, 0.717) is 13.2 Å². The van der Waals surface area contributed by atoms with Crippen LogP contribution in [0.4, 0.5) is 0 Å². The van der Waals surface area contributed by atoms with Gasteiger partial charge in [-0.2, -0.15) is 0 Å². The van der Waals surface area contributed by atoms with Gasteiger partial charge in [0, 0.05) is 25.2 Å². The first kappa shape index (κ1) is 25.3. The van der Waals surface area contributed by atoms with E-state index in [1.165, 1.54) is 5.56 Å². The minimum Gasteiger partial charge on any atom is -0.497 e. The van der Waals surface area contributed by atoms with Crippen LogP contribution in [0.5, 0.6) is 11.5 Å². The van der Waals surface area contributed by atoms with Gasteiger partial charge in [-0.25, -0.2) is 0 Å². The van der Waals surface area contributed by atoms with Gasteiger partial charge in [-0.3, -0.25) is 4.99 Å². The number of ether oxygens (including phenoxy) is 3. The minimum absolute atomic E-state index is 0. The maximum absolute atomic E-state index is 5.80. The number of nitrogens with zero attached hydrogens (tertiary/aromatic N) is 1. The molecule has 1 fully saturated rings. The Morgan fingerprint density at radius 2 is 1.68 bits per heavy atom. The van der Waals surface area contributed by atoms with E-state index >= 15 is 0 Å². The third kappa shape index (κ3) is 7.57. The Morgan fingerprint density at radius 1 is 1.00 bits per heavy atom. The molecule has 2 N–H and O–H groups in total. The SMILES string of the molecule is CCNC(=NCC1(c2ccccc2)CCOCC1)NCCOc1ccc(OC)cc1.I. The first-order valence-corrected chi connectivity index (χ1v) is 10.7. The van der Waals surface area contributed by atoms with E-state index in [-0.39, 0.29) is 29.4 Å². The zero-order valence-corrected chi connectivity index (χ0v) is 20.8. The summed E-state index contributed by atoms with van der Waals surface area (Å²) in [5.41, 5.74) is 1.37. The summed E-state index contributed by atoms with van der Waals surface area (Å²) in [7, 11) is 1.66. The maximum Gasteiger partial charge on any atom is 0.191 e. The quantitative estimate of drug-likeness (QED) is 0.219. The molecule has 0 bridgehead atoms. The molecule has 2 aromatic carbocycles. The highest BCUT2D eigenvalue weighted by Crippen LogP contribution is 2.35. The summed E-state index contributed by atoms with van der Waals surface area (Å²) in [6.45, 7) is 6.40. The van der Waals surface area contributed by atoms with Crippen LogP contribution in [0.2, 0.25) is 0 Å². The number of methoxy groups -OCH3 is 1. The summed E-state index contributed by atoms with van der Waals surface area (Å²) in [4.78, 5) is 4.92. The molecule has 7 heteroatoms. The summed E-state index contributed by atoms with van der Waals surface area (Å²) in [5.74, 6) is 2.46. The third-order valence-corrected chi connectivity index (χ3v) is 5.44. The molecule has 1 heterocycles. The monoisotopic (exact) mass is 539 g/mol. The van der Waals surface area contributed by atoms with Crippen molar-refractivity contribution in [3.8, 4) is 11.5 Å². The molecule has 6 nitrogen and oxygen atoms in total. The maximum atomic E-state index is 5.80. The lowest BCUT2D eigenvalue weighted by Crippen LogP contribution is -2.42. The second kappa shape index (κ2) is 13.4. The number of aliphatic imine (C=N–C) groups is 1. The second-order valence-electron chi connectivity index (χ2n) is 7.40. The molecule has 0 radical (unpaired) electrons.